The van der Waals surface area contributed by atoms with Crippen molar-refractivity contribution in [1.82, 2.24) is 0 Å². The average Bonchev–Trinajstić information content (AvgIpc) is 3.49. The largest absolute Gasteiger partial charge is 0.462 e. The lowest BCUT2D eigenvalue weighted by Crippen LogP contribution is -2.30. The van der Waals surface area contributed by atoms with Gasteiger partial charge in [-0.2, -0.15) is 0 Å². The van der Waals surface area contributed by atoms with Crippen LogP contribution in [0.5, 0.6) is 0 Å². The predicted octanol–water partition coefficient (Wildman–Crippen LogP) is 23.4. The number of rotatable bonds is 59. The summed E-state index contributed by atoms with van der Waals surface area (Å²) in [6.07, 6.45) is 102. The highest BCUT2D eigenvalue weighted by atomic mass is 16.6. The maximum Gasteiger partial charge on any atom is 0.306 e. The summed E-state index contributed by atoms with van der Waals surface area (Å²) < 4.78 is 16.9. The summed E-state index contributed by atoms with van der Waals surface area (Å²) in [5, 5.41) is 0. The molecule has 1 atom stereocenters. The van der Waals surface area contributed by atoms with Crippen molar-refractivity contribution in [3.05, 3.63) is 170 Å². The number of esters is 3. The van der Waals surface area contributed by atoms with Crippen molar-refractivity contribution in [2.45, 2.75) is 284 Å². The smallest absolute Gasteiger partial charge is 0.306 e. The van der Waals surface area contributed by atoms with Gasteiger partial charge in [0.05, 0.1) is 0 Å². The molecule has 0 aliphatic carbocycles. The van der Waals surface area contributed by atoms with Crippen LogP contribution in [0.2, 0.25) is 0 Å². The van der Waals surface area contributed by atoms with Crippen molar-refractivity contribution in [1.29, 1.82) is 0 Å². The van der Waals surface area contributed by atoms with Gasteiger partial charge in [-0.1, -0.05) is 300 Å². The van der Waals surface area contributed by atoms with Crippen LogP contribution in [0.3, 0.4) is 0 Å². The quantitative estimate of drug-likeness (QED) is 0.0261. The molecule has 0 aromatic rings. The van der Waals surface area contributed by atoms with Gasteiger partial charge in [-0.3, -0.25) is 14.4 Å². The molecular weight excluding hydrogens is 1020 g/mol. The fourth-order valence-electron chi connectivity index (χ4n) is 8.77. The van der Waals surface area contributed by atoms with Crippen LogP contribution in [0.1, 0.15) is 278 Å². The molecule has 0 saturated carbocycles. The Hall–Kier alpha value is -5.23. The van der Waals surface area contributed by atoms with E-state index in [1.54, 1.807) is 0 Å². The van der Waals surface area contributed by atoms with Crippen LogP contribution >= 0.6 is 0 Å². The molecule has 0 spiro atoms. The van der Waals surface area contributed by atoms with Crippen LogP contribution in [0, 0.1) is 0 Å². The fraction of sp³-hybridized carbons (Fsp3) is 0.597. The van der Waals surface area contributed by atoms with Crippen molar-refractivity contribution in [3.63, 3.8) is 0 Å². The van der Waals surface area contributed by atoms with Crippen LogP contribution in [0.15, 0.2) is 170 Å². The van der Waals surface area contributed by atoms with E-state index in [2.05, 4.69) is 191 Å². The van der Waals surface area contributed by atoms with Gasteiger partial charge in [-0.15, -0.1) is 0 Å². The molecule has 0 aliphatic heterocycles. The summed E-state index contributed by atoms with van der Waals surface area (Å²) in [6, 6.07) is 0. The minimum absolute atomic E-state index is 0.115. The number of carbonyl (C=O) groups is 3. The molecule has 0 bridgehead atoms. The first-order chi connectivity index (χ1) is 41.0. The first-order valence-electron chi connectivity index (χ1n) is 33.6. The maximum absolute atomic E-state index is 12.9. The number of unbranched alkanes of at least 4 members (excludes halogenated alkanes) is 20. The predicted molar refractivity (Wildman–Crippen MR) is 361 cm³/mol. The Labute approximate surface area is 511 Å². The molecule has 0 aromatic carbocycles. The first kappa shape index (κ1) is 77.8. The lowest BCUT2D eigenvalue weighted by molar-refractivity contribution is -0.167. The normalized spacial score (nSPS) is 13.2. The van der Waals surface area contributed by atoms with Crippen LogP contribution < -0.4 is 0 Å². The highest BCUT2D eigenvalue weighted by molar-refractivity contribution is 5.71. The number of allylic oxidation sites excluding steroid dienone is 28. The van der Waals surface area contributed by atoms with E-state index in [4.69, 9.17) is 14.2 Å². The van der Waals surface area contributed by atoms with Gasteiger partial charge in [0, 0.05) is 19.3 Å². The van der Waals surface area contributed by atoms with Crippen molar-refractivity contribution in [3.8, 4) is 0 Å². The molecule has 0 aliphatic rings. The molecule has 83 heavy (non-hydrogen) atoms. The molecule has 0 radical (unpaired) electrons. The van der Waals surface area contributed by atoms with E-state index in [0.29, 0.717) is 19.3 Å². The fourth-order valence-corrected chi connectivity index (χ4v) is 8.77. The van der Waals surface area contributed by atoms with Gasteiger partial charge >= 0.3 is 17.9 Å². The van der Waals surface area contributed by atoms with Crippen molar-refractivity contribution in [2.24, 2.45) is 0 Å². The zero-order valence-corrected chi connectivity index (χ0v) is 53.4. The Bertz CT molecular complexity index is 1890. The molecule has 0 amide bonds. The van der Waals surface area contributed by atoms with Crippen LogP contribution in [-0.4, -0.2) is 37.2 Å². The molecule has 0 rings (SSSR count). The Kier molecular flexibility index (Phi) is 64.9. The number of carbonyl (C=O) groups excluding carboxylic acids is 3. The second kappa shape index (κ2) is 69.3. The molecule has 0 N–H and O–H groups in total. The maximum atomic E-state index is 12.9. The first-order valence-corrected chi connectivity index (χ1v) is 33.6. The van der Waals surface area contributed by atoms with Crippen LogP contribution in [0.4, 0.5) is 0 Å². The van der Waals surface area contributed by atoms with Crippen molar-refractivity contribution < 1.29 is 28.6 Å². The third kappa shape index (κ3) is 67.4. The SMILES string of the molecule is CC/C=C\C/C=C\C/C=C\C/C=C\C/C=C\C/C=C\C/C=C\C/C=C\C/C=C\CCCC(=O)OCC(COC(=O)CCCCCCCCCCCCCCCCCCC)OC(=O)CCCCC/C=C\C/C=C\C/C=C\C/C=C\C/C=C\CC. The highest BCUT2D eigenvalue weighted by Gasteiger charge is 2.19. The van der Waals surface area contributed by atoms with E-state index in [1.807, 2.05) is 0 Å². The molecule has 1 unspecified atom stereocenters. The molecule has 0 heterocycles. The van der Waals surface area contributed by atoms with E-state index in [-0.39, 0.29) is 44.0 Å². The molecule has 0 aromatic heterocycles. The van der Waals surface area contributed by atoms with E-state index in [0.717, 1.165) is 135 Å². The lowest BCUT2D eigenvalue weighted by Gasteiger charge is -2.18. The van der Waals surface area contributed by atoms with E-state index < -0.39 is 6.10 Å². The molecule has 466 valence electrons. The highest BCUT2D eigenvalue weighted by Crippen LogP contribution is 2.16. The van der Waals surface area contributed by atoms with Gasteiger partial charge in [-0.05, 0) is 128 Å². The minimum Gasteiger partial charge on any atom is -0.462 e. The molecule has 0 saturated heterocycles. The Morgan fingerprint density at radius 3 is 0.783 bits per heavy atom. The molecule has 6 nitrogen and oxygen atoms in total. The van der Waals surface area contributed by atoms with Crippen molar-refractivity contribution in [2.75, 3.05) is 13.2 Å². The second-order valence-electron chi connectivity index (χ2n) is 21.6. The van der Waals surface area contributed by atoms with Crippen LogP contribution in [-0.2, 0) is 28.6 Å². The molecule has 0 fully saturated rings. The third-order valence-electron chi connectivity index (χ3n) is 13.7. The molecule has 6 heteroatoms. The summed E-state index contributed by atoms with van der Waals surface area (Å²) in [7, 11) is 0. The zero-order chi connectivity index (χ0) is 59.9. The van der Waals surface area contributed by atoms with E-state index in [9.17, 15) is 14.4 Å². The summed E-state index contributed by atoms with van der Waals surface area (Å²) in [5.41, 5.74) is 0. The van der Waals surface area contributed by atoms with Gasteiger partial charge in [0.2, 0.25) is 0 Å². The zero-order valence-electron chi connectivity index (χ0n) is 53.4. The van der Waals surface area contributed by atoms with Gasteiger partial charge in [0.25, 0.3) is 0 Å². The standard InChI is InChI=1S/C77H122O6/c1-4-7-10-13-16-19-22-25-28-31-33-34-35-36-37-38-39-40-41-42-44-46-49-52-55-58-61-64-67-70-76(79)82-73-74(72-81-75(78)69-66-63-60-57-54-51-48-45-30-27-24-21-18-15-12-9-6-3)83-77(80)71-68-65-62-59-56-53-50-47-43-32-29-26-23-20-17-14-11-8-5-2/h7-8,10-11,16-17,19-20,25-26,28-29,33-34,36-37,39-40,42-44,47,49,52-53,56,58,61,74H,4-6,9,12-15,18,21-24,27,30-32,35,38,41,45-46,48,50-51,54-55,57,59-60,62-73H2,1-3H3/b10-7-,11-8-,19-16-,20-17-,28-25-,29-26-,34-33-,37-36-,40-39-,44-42-,47-43-,52-49-,56-53-,61-58-. The lowest BCUT2D eigenvalue weighted by atomic mass is 10.0. The third-order valence-corrected chi connectivity index (χ3v) is 13.7. The van der Waals surface area contributed by atoms with Gasteiger partial charge in [0.1, 0.15) is 13.2 Å². The topological polar surface area (TPSA) is 78.9 Å². The number of hydrogen-bond acceptors (Lipinski definition) is 6. The Morgan fingerprint density at radius 2 is 0.482 bits per heavy atom. The van der Waals surface area contributed by atoms with Crippen LogP contribution in [0.25, 0.3) is 0 Å². The average molecular weight is 1140 g/mol. The van der Waals surface area contributed by atoms with Gasteiger partial charge < -0.3 is 14.2 Å². The minimum atomic E-state index is -0.828. The van der Waals surface area contributed by atoms with Gasteiger partial charge in [-0.25, -0.2) is 0 Å². The second-order valence-corrected chi connectivity index (χ2v) is 21.6. The summed E-state index contributed by atoms with van der Waals surface area (Å²) in [6.45, 7) is 6.35. The molecular formula is C77H122O6. The van der Waals surface area contributed by atoms with Crippen molar-refractivity contribution >= 4 is 17.9 Å². The Balaban J connectivity index is 4.54. The summed E-state index contributed by atoms with van der Waals surface area (Å²) in [4.78, 5) is 38.4. The monoisotopic (exact) mass is 1140 g/mol. The number of hydrogen-bond donors (Lipinski definition) is 0. The summed E-state index contributed by atoms with van der Waals surface area (Å²) in [5.74, 6) is -1.01. The van der Waals surface area contributed by atoms with Gasteiger partial charge in [0.15, 0.2) is 6.10 Å². The Morgan fingerprint density at radius 1 is 0.253 bits per heavy atom. The number of ether oxygens (including phenoxy) is 3. The van der Waals surface area contributed by atoms with E-state index >= 15 is 0 Å². The van der Waals surface area contributed by atoms with E-state index in [1.165, 1.54) is 89.9 Å². The summed E-state index contributed by atoms with van der Waals surface area (Å²) >= 11 is 0.